The molecule has 2 atom stereocenters. The minimum Gasteiger partial charge on any atom is -0.478 e. The minimum atomic E-state index is -1.26. The van der Waals surface area contributed by atoms with Gasteiger partial charge < -0.3 is 10.2 Å². The van der Waals surface area contributed by atoms with Crippen LogP contribution in [0.15, 0.2) is 42.5 Å². The second kappa shape index (κ2) is 7.93. The summed E-state index contributed by atoms with van der Waals surface area (Å²) in [7, 11) is 2.27. The molecule has 0 saturated carbocycles. The summed E-state index contributed by atoms with van der Waals surface area (Å²) in [5, 5.41) is 15.6. The van der Waals surface area contributed by atoms with E-state index in [-0.39, 0.29) is 0 Å². The van der Waals surface area contributed by atoms with Gasteiger partial charge in [-0.05, 0) is 44.4 Å². The maximum Gasteiger partial charge on any atom is 0.328 e. The third kappa shape index (κ3) is 4.80. The first-order chi connectivity index (χ1) is 11.4. The lowest BCUT2D eigenvalue weighted by Gasteiger charge is -2.30. The lowest BCUT2D eigenvalue weighted by atomic mass is 9.94. The average Bonchev–Trinajstić information content (AvgIpc) is 2.75. The van der Waals surface area contributed by atoms with Crippen molar-refractivity contribution < 1.29 is 19.8 Å². The number of carbonyl (C=O) groups is 2. The molecule has 2 aliphatic rings. The summed E-state index contributed by atoms with van der Waals surface area (Å²) in [6, 6.07) is 10.5. The van der Waals surface area contributed by atoms with Crippen molar-refractivity contribution in [1.82, 2.24) is 4.90 Å². The minimum absolute atomic E-state index is 0.558. The van der Waals surface area contributed by atoms with Gasteiger partial charge in [0, 0.05) is 24.2 Å². The molecule has 2 heterocycles. The highest BCUT2D eigenvalue weighted by Crippen LogP contribution is 2.37. The number of aliphatic carboxylic acids is 2. The molecular weight excluding hydrogens is 306 g/mol. The third-order valence-corrected chi connectivity index (χ3v) is 4.53. The zero-order valence-electron chi connectivity index (χ0n) is 14.0. The van der Waals surface area contributed by atoms with Crippen molar-refractivity contribution in [3.05, 3.63) is 53.6 Å². The molecule has 0 aliphatic carbocycles. The van der Waals surface area contributed by atoms with Crippen molar-refractivity contribution in [1.29, 1.82) is 0 Å². The van der Waals surface area contributed by atoms with Gasteiger partial charge in [0.05, 0.1) is 0 Å². The van der Waals surface area contributed by atoms with Gasteiger partial charge in [-0.1, -0.05) is 35.9 Å². The highest BCUT2D eigenvalue weighted by Gasteiger charge is 2.33. The number of hydrogen-bond donors (Lipinski definition) is 2. The topological polar surface area (TPSA) is 77.8 Å². The van der Waals surface area contributed by atoms with Gasteiger partial charge in [0.1, 0.15) is 0 Å². The van der Waals surface area contributed by atoms with Crippen LogP contribution in [0.5, 0.6) is 0 Å². The zero-order valence-corrected chi connectivity index (χ0v) is 14.0. The molecule has 0 amide bonds. The summed E-state index contributed by atoms with van der Waals surface area (Å²) in [5.41, 5.74) is 4.33. The summed E-state index contributed by atoms with van der Waals surface area (Å²) in [6.07, 6.45) is 7.54. The molecule has 1 saturated heterocycles. The van der Waals surface area contributed by atoms with Crippen molar-refractivity contribution in [2.24, 2.45) is 0 Å². The van der Waals surface area contributed by atoms with Gasteiger partial charge >= 0.3 is 11.9 Å². The van der Waals surface area contributed by atoms with Crippen LogP contribution < -0.4 is 0 Å². The molecule has 5 nitrogen and oxygen atoms in total. The van der Waals surface area contributed by atoms with E-state index in [1.54, 1.807) is 5.57 Å². The zero-order chi connectivity index (χ0) is 17.7. The molecule has 128 valence electrons. The third-order valence-electron chi connectivity index (χ3n) is 4.53. The quantitative estimate of drug-likeness (QED) is 0.834. The normalized spacial score (nSPS) is 22.7. The highest BCUT2D eigenvalue weighted by atomic mass is 16.4. The number of carboxylic acid groups (broad SMARTS) is 2. The van der Waals surface area contributed by atoms with Crippen LogP contribution in [0.3, 0.4) is 0 Å². The first-order valence-electron chi connectivity index (χ1n) is 8.00. The molecule has 0 aromatic heterocycles. The predicted octanol–water partition coefficient (Wildman–Crippen LogP) is 2.96. The van der Waals surface area contributed by atoms with E-state index in [0.29, 0.717) is 18.2 Å². The Morgan fingerprint density at radius 1 is 1.08 bits per heavy atom. The first kappa shape index (κ1) is 17.9. The van der Waals surface area contributed by atoms with Gasteiger partial charge in [-0.15, -0.1) is 0 Å². The highest BCUT2D eigenvalue weighted by molar-refractivity contribution is 5.89. The number of hydrogen-bond acceptors (Lipinski definition) is 3. The van der Waals surface area contributed by atoms with Crippen LogP contribution in [0.1, 0.15) is 30.4 Å². The molecular formula is C19H23NO4. The molecule has 1 fully saturated rings. The molecule has 0 spiro atoms. The summed E-state index contributed by atoms with van der Waals surface area (Å²) in [5.74, 6) is -2.51. The van der Waals surface area contributed by atoms with E-state index < -0.39 is 11.9 Å². The largest absolute Gasteiger partial charge is 0.478 e. The fourth-order valence-corrected chi connectivity index (χ4v) is 3.17. The van der Waals surface area contributed by atoms with Gasteiger partial charge in [0.15, 0.2) is 0 Å². The maximum absolute atomic E-state index is 9.55. The molecule has 24 heavy (non-hydrogen) atoms. The maximum atomic E-state index is 9.55. The van der Waals surface area contributed by atoms with Crippen LogP contribution >= 0.6 is 0 Å². The Hall–Kier alpha value is -2.40. The Morgan fingerprint density at radius 3 is 2.17 bits per heavy atom. The monoisotopic (exact) mass is 329 g/mol. The Kier molecular flexibility index (Phi) is 5.93. The van der Waals surface area contributed by atoms with Crippen LogP contribution in [0, 0.1) is 6.92 Å². The van der Waals surface area contributed by atoms with Crippen LogP contribution in [0.4, 0.5) is 0 Å². The lowest BCUT2D eigenvalue weighted by molar-refractivity contribution is -0.134. The number of carboxylic acids is 2. The van der Waals surface area contributed by atoms with E-state index in [9.17, 15) is 9.59 Å². The molecule has 1 aromatic rings. The predicted molar refractivity (Wildman–Crippen MR) is 92.8 cm³/mol. The van der Waals surface area contributed by atoms with Gasteiger partial charge in [-0.2, -0.15) is 0 Å². The molecule has 2 bridgehead atoms. The summed E-state index contributed by atoms with van der Waals surface area (Å²) >= 11 is 0. The Balaban J connectivity index is 0.000000224. The molecule has 2 N–H and O–H groups in total. The van der Waals surface area contributed by atoms with Crippen LogP contribution in [-0.2, 0) is 9.59 Å². The molecule has 3 rings (SSSR count). The molecule has 0 radical (unpaired) electrons. The Morgan fingerprint density at radius 2 is 1.67 bits per heavy atom. The molecule has 5 heteroatoms. The van der Waals surface area contributed by atoms with Crippen molar-refractivity contribution in [3.8, 4) is 0 Å². The smallest absolute Gasteiger partial charge is 0.328 e. The van der Waals surface area contributed by atoms with Gasteiger partial charge in [-0.25, -0.2) is 9.59 Å². The molecule has 2 aliphatic heterocycles. The SMILES string of the molecule is Cc1ccc(C2=CC3CCC(C2)N3C)cc1.O=C(O)/C=C/C(=O)O. The van der Waals surface area contributed by atoms with E-state index in [4.69, 9.17) is 10.2 Å². The van der Waals surface area contributed by atoms with Gasteiger partial charge in [0.2, 0.25) is 0 Å². The van der Waals surface area contributed by atoms with Crippen molar-refractivity contribution >= 4 is 17.5 Å². The standard InChI is InChI=1S/C15H19N.C4H4O4/c1-11-3-5-12(6-4-11)13-9-14-7-8-15(10-13)16(14)2;5-3(6)1-2-4(7)8/h3-6,9,14-15H,7-8,10H2,1-2H3;1-2H,(H,5,6)(H,7,8)/b;2-1+. The van der Waals surface area contributed by atoms with Crippen molar-refractivity contribution in [2.45, 2.75) is 38.3 Å². The number of benzene rings is 1. The van der Waals surface area contributed by atoms with E-state index in [1.807, 2.05) is 0 Å². The van der Waals surface area contributed by atoms with Gasteiger partial charge in [-0.3, -0.25) is 4.90 Å². The van der Waals surface area contributed by atoms with Crippen LogP contribution in [0.25, 0.3) is 5.57 Å². The lowest BCUT2D eigenvalue weighted by Crippen LogP contribution is -2.34. The first-order valence-corrected chi connectivity index (χ1v) is 8.00. The van der Waals surface area contributed by atoms with Crippen LogP contribution in [0.2, 0.25) is 0 Å². The fourth-order valence-electron chi connectivity index (χ4n) is 3.17. The van der Waals surface area contributed by atoms with Crippen molar-refractivity contribution in [2.75, 3.05) is 7.05 Å². The number of likely N-dealkylation sites (N-methyl/N-ethyl adjacent to an activating group) is 1. The number of aryl methyl sites for hydroxylation is 1. The van der Waals surface area contributed by atoms with E-state index in [2.05, 4.69) is 49.2 Å². The molecule has 2 unspecified atom stereocenters. The van der Waals surface area contributed by atoms with E-state index in [1.165, 1.54) is 30.4 Å². The number of nitrogens with zero attached hydrogens (tertiary/aromatic N) is 1. The summed E-state index contributed by atoms with van der Waals surface area (Å²) < 4.78 is 0. The van der Waals surface area contributed by atoms with E-state index >= 15 is 0 Å². The van der Waals surface area contributed by atoms with Gasteiger partial charge in [0.25, 0.3) is 0 Å². The average molecular weight is 329 g/mol. The second-order valence-electron chi connectivity index (χ2n) is 6.24. The van der Waals surface area contributed by atoms with Crippen LogP contribution in [-0.4, -0.2) is 46.2 Å². The second-order valence-corrected chi connectivity index (χ2v) is 6.24. The van der Waals surface area contributed by atoms with Crippen molar-refractivity contribution in [3.63, 3.8) is 0 Å². The fraction of sp³-hybridized carbons (Fsp3) is 0.368. The summed E-state index contributed by atoms with van der Waals surface area (Å²) in [6.45, 7) is 2.15. The Bertz CT molecular complexity index is 644. The number of rotatable bonds is 3. The number of fused-ring (bicyclic) bond motifs is 2. The van der Waals surface area contributed by atoms with E-state index in [0.717, 1.165) is 6.04 Å². The Labute approximate surface area is 141 Å². The summed E-state index contributed by atoms with van der Waals surface area (Å²) in [4.78, 5) is 21.6. The molecule has 1 aromatic carbocycles.